The van der Waals surface area contributed by atoms with Gasteiger partial charge in [0.2, 0.25) is 0 Å². The van der Waals surface area contributed by atoms with Crippen LogP contribution in [0.1, 0.15) is 18.1 Å². The molecule has 1 aromatic rings. The Kier molecular flexibility index (Phi) is 2.58. The van der Waals surface area contributed by atoms with E-state index in [1.54, 1.807) is 13.0 Å². The number of hydrogen-bond acceptors (Lipinski definition) is 2. The maximum atomic E-state index is 12.7. The number of alkyl halides is 3. The summed E-state index contributed by atoms with van der Waals surface area (Å²) < 4.78 is 38.1. The second kappa shape index (κ2) is 3.66. The van der Waals surface area contributed by atoms with Crippen molar-refractivity contribution in [1.29, 1.82) is 0 Å². The van der Waals surface area contributed by atoms with Crippen molar-refractivity contribution in [3.05, 3.63) is 29.3 Å². The monoisotopic (exact) mass is 230 g/mol. The van der Waals surface area contributed by atoms with Crippen LogP contribution in [0, 0.1) is 0 Å². The molecule has 3 N–H and O–H groups in total. The second-order valence-electron chi connectivity index (χ2n) is 4.14. The Morgan fingerprint density at radius 2 is 2.12 bits per heavy atom. The zero-order chi connectivity index (χ0) is 11.9. The first-order valence-electron chi connectivity index (χ1n) is 5.11. The minimum Gasteiger partial charge on any atom is -0.380 e. The molecule has 0 fully saturated rings. The maximum absolute atomic E-state index is 12.7. The first-order chi connectivity index (χ1) is 7.39. The SMILES string of the molecule is CC(N)C1Cc2c(cccc2C(F)(F)F)N1. The molecule has 0 saturated carbocycles. The maximum Gasteiger partial charge on any atom is 0.416 e. The van der Waals surface area contributed by atoms with E-state index in [0.29, 0.717) is 17.7 Å². The van der Waals surface area contributed by atoms with Crippen molar-refractivity contribution < 1.29 is 13.2 Å². The Labute approximate surface area is 91.6 Å². The first kappa shape index (κ1) is 11.3. The van der Waals surface area contributed by atoms with E-state index in [-0.39, 0.29) is 12.1 Å². The highest BCUT2D eigenvalue weighted by Crippen LogP contribution is 2.38. The number of anilines is 1. The van der Waals surface area contributed by atoms with E-state index < -0.39 is 11.7 Å². The van der Waals surface area contributed by atoms with Gasteiger partial charge in [0, 0.05) is 17.8 Å². The second-order valence-corrected chi connectivity index (χ2v) is 4.14. The summed E-state index contributed by atoms with van der Waals surface area (Å²) in [5, 5.41) is 3.02. The minimum absolute atomic E-state index is 0.113. The van der Waals surface area contributed by atoms with Crippen LogP contribution >= 0.6 is 0 Å². The summed E-state index contributed by atoms with van der Waals surface area (Å²) in [6.07, 6.45) is -3.96. The van der Waals surface area contributed by atoms with Crippen LogP contribution in [0.15, 0.2) is 18.2 Å². The van der Waals surface area contributed by atoms with Crippen molar-refractivity contribution in [2.75, 3.05) is 5.32 Å². The van der Waals surface area contributed by atoms with Gasteiger partial charge >= 0.3 is 6.18 Å². The van der Waals surface area contributed by atoms with E-state index >= 15 is 0 Å². The van der Waals surface area contributed by atoms with Gasteiger partial charge in [0.1, 0.15) is 0 Å². The van der Waals surface area contributed by atoms with Gasteiger partial charge in [-0.2, -0.15) is 13.2 Å². The van der Waals surface area contributed by atoms with Gasteiger partial charge in [-0.25, -0.2) is 0 Å². The van der Waals surface area contributed by atoms with Crippen LogP contribution in [0.5, 0.6) is 0 Å². The number of hydrogen-bond donors (Lipinski definition) is 2. The predicted octanol–water partition coefficient (Wildman–Crippen LogP) is 2.39. The summed E-state index contributed by atoms with van der Waals surface area (Å²) in [6.45, 7) is 1.79. The number of nitrogens with one attached hydrogen (secondary N) is 1. The number of rotatable bonds is 1. The molecule has 1 aliphatic rings. The summed E-state index contributed by atoms with van der Waals surface area (Å²) in [7, 11) is 0. The van der Waals surface area contributed by atoms with Crippen LogP contribution in [0.2, 0.25) is 0 Å². The van der Waals surface area contributed by atoms with E-state index in [4.69, 9.17) is 5.73 Å². The van der Waals surface area contributed by atoms with Gasteiger partial charge in [-0.15, -0.1) is 0 Å². The molecule has 88 valence electrons. The fourth-order valence-corrected chi connectivity index (χ4v) is 2.00. The number of benzene rings is 1. The molecule has 0 aliphatic carbocycles. The Bertz CT molecular complexity index is 399. The quantitative estimate of drug-likeness (QED) is 0.777. The average molecular weight is 230 g/mol. The van der Waals surface area contributed by atoms with Crippen molar-refractivity contribution in [1.82, 2.24) is 0 Å². The molecular weight excluding hydrogens is 217 g/mol. The fraction of sp³-hybridized carbons (Fsp3) is 0.455. The molecule has 0 radical (unpaired) electrons. The van der Waals surface area contributed by atoms with Gasteiger partial charge in [0.05, 0.1) is 5.56 Å². The van der Waals surface area contributed by atoms with Crippen LogP contribution in [-0.4, -0.2) is 12.1 Å². The van der Waals surface area contributed by atoms with Crippen LogP contribution < -0.4 is 11.1 Å². The third-order valence-electron chi connectivity index (χ3n) is 2.88. The van der Waals surface area contributed by atoms with Crippen molar-refractivity contribution in [3.63, 3.8) is 0 Å². The zero-order valence-corrected chi connectivity index (χ0v) is 8.81. The minimum atomic E-state index is -4.29. The first-order valence-corrected chi connectivity index (χ1v) is 5.11. The molecule has 16 heavy (non-hydrogen) atoms. The van der Waals surface area contributed by atoms with Crippen LogP contribution in [0.25, 0.3) is 0 Å². The van der Waals surface area contributed by atoms with Gasteiger partial charge in [-0.1, -0.05) is 6.07 Å². The Morgan fingerprint density at radius 1 is 1.44 bits per heavy atom. The molecule has 0 saturated heterocycles. The molecule has 0 spiro atoms. The lowest BCUT2D eigenvalue weighted by Crippen LogP contribution is -2.36. The van der Waals surface area contributed by atoms with Crippen molar-refractivity contribution >= 4 is 5.69 Å². The van der Waals surface area contributed by atoms with E-state index in [1.807, 2.05) is 0 Å². The Balaban J connectivity index is 2.39. The highest BCUT2D eigenvalue weighted by molar-refractivity contribution is 5.60. The summed E-state index contributed by atoms with van der Waals surface area (Å²) >= 11 is 0. The Hall–Kier alpha value is -1.23. The summed E-state index contributed by atoms with van der Waals surface area (Å²) in [6, 6.07) is 3.90. The molecule has 1 aliphatic heterocycles. The topological polar surface area (TPSA) is 38.0 Å². The molecule has 0 aromatic heterocycles. The van der Waals surface area contributed by atoms with Crippen LogP contribution in [0.4, 0.5) is 18.9 Å². The summed E-state index contributed by atoms with van der Waals surface area (Å²) in [4.78, 5) is 0. The normalized spacial score (nSPS) is 21.4. The van der Waals surface area contributed by atoms with Crippen molar-refractivity contribution in [2.24, 2.45) is 5.73 Å². The largest absolute Gasteiger partial charge is 0.416 e. The third-order valence-corrected chi connectivity index (χ3v) is 2.88. The molecular formula is C11H13F3N2. The third kappa shape index (κ3) is 1.87. The van der Waals surface area contributed by atoms with Gasteiger partial charge in [-0.3, -0.25) is 0 Å². The van der Waals surface area contributed by atoms with Gasteiger partial charge in [-0.05, 0) is 31.0 Å². The molecule has 5 heteroatoms. The smallest absolute Gasteiger partial charge is 0.380 e. The molecule has 0 bridgehead atoms. The zero-order valence-electron chi connectivity index (χ0n) is 8.81. The molecule has 2 rings (SSSR count). The van der Waals surface area contributed by atoms with E-state index in [2.05, 4.69) is 5.32 Å². The van der Waals surface area contributed by atoms with Gasteiger partial charge < -0.3 is 11.1 Å². The predicted molar refractivity (Wildman–Crippen MR) is 56.2 cm³/mol. The summed E-state index contributed by atoms with van der Waals surface area (Å²) in [5.74, 6) is 0. The van der Waals surface area contributed by atoms with Crippen LogP contribution in [0.3, 0.4) is 0 Å². The summed E-state index contributed by atoms with van der Waals surface area (Å²) in [5.41, 5.74) is 6.02. The molecule has 2 unspecified atom stereocenters. The lowest BCUT2D eigenvalue weighted by molar-refractivity contribution is -0.138. The number of halogens is 3. The lowest BCUT2D eigenvalue weighted by Gasteiger charge is -2.14. The highest BCUT2D eigenvalue weighted by atomic mass is 19.4. The number of fused-ring (bicyclic) bond motifs is 1. The standard InChI is InChI=1S/C11H13F3N2/c1-6(15)10-5-7-8(11(12,13)14)3-2-4-9(7)16-10/h2-4,6,10,16H,5,15H2,1H3. The molecule has 1 heterocycles. The van der Waals surface area contributed by atoms with Crippen LogP contribution in [-0.2, 0) is 12.6 Å². The van der Waals surface area contributed by atoms with E-state index in [9.17, 15) is 13.2 Å². The molecule has 2 atom stereocenters. The van der Waals surface area contributed by atoms with E-state index in [1.165, 1.54) is 6.07 Å². The molecule has 2 nitrogen and oxygen atoms in total. The fourth-order valence-electron chi connectivity index (χ4n) is 2.00. The molecule has 1 aromatic carbocycles. The number of nitrogens with two attached hydrogens (primary N) is 1. The van der Waals surface area contributed by atoms with Gasteiger partial charge in [0.15, 0.2) is 0 Å². The lowest BCUT2D eigenvalue weighted by atomic mass is 10.0. The van der Waals surface area contributed by atoms with Crippen molar-refractivity contribution in [3.8, 4) is 0 Å². The van der Waals surface area contributed by atoms with Crippen molar-refractivity contribution in [2.45, 2.75) is 31.6 Å². The van der Waals surface area contributed by atoms with Gasteiger partial charge in [0.25, 0.3) is 0 Å². The average Bonchev–Trinajstić information content (AvgIpc) is 2.58. The van der Waals surface area contributed by atoms with E-state index in [0.717, 1.165) is 6.07 Å². The highest BCUT2D eigenvalue weighted by Gasteiger charge is 2.37. The molecule has 0 amide bonds. The Morgan fingerprint density at radius 3 is 2.69 bits per heavy atom.